The van der Waals surface area contributed by atoms with E-state index in [0.717, 1.165) is 12.8 Å². The Labute approximate surface area is 257 Å². The molecular formula is C35H65NO6. The summed E-state index contributed by atoms with van der Waals surface area (Å²) in [6.07, 6.45) is 32.2. The summed E-state index contributed by atoms with van der Waals surface area (Å²) in [5.74, 6) is -2.81. The van der Waals surface area contributed by atoms with Crippen LogP contribution in [0, 0.1) is 0 Å². The number of carbonyl (C=O) groups is 3. The van der Waals surface area contributed by atoms with Gasteiger partial charge in [-0.2, -0.15) is 0 Å². The van der Waals surface area contributed by atoms with Crippen LogP contribution >= 0.6 is 0 Å². The number of carbonyl (C=O) groups excluding carboxylic acids is 1. The van der Waals surface area contributed by atoms with E-state index in [1.165, 1.54) is 116 Å². The molecular weight excluding hydrogens is 530 g/mol. The Morgan fingerprint density at radius 3 is 1.19 bits per heavy atom. The largest absolute Gasteiger partial charge is 0.550 e. The topological polar surface area (TPSA) is 115 Å². The Morgan fingerprint density at radius 2 is 0.857 bits per heavy atom. The van der Waals surface area contributed by atoms with Gasteiger partial charge in [0.2, 0.25) is 0 Å². The normalized spacial score (nSPS) is 11.8. The number of hydrogen-bond acceptors (Lipinski definition) is 4. The quantitative estimate of drug-likeness (QED) is 0.0581. The zero-order valence-corrected chi connectivity index (χ0v) is 27.1. The van der Waals surface area contributed by atoms with Gasteiger partial charge in [0.25, 0.3) is 0 Å². The van der Waals surface area contributed by atoms with E-state index in [0.29, 0.717) is 43.4 Å². The van der Waals surface area contributed by atoms with Crippen LogP contribution in [0.4, 0.5) is 0 Å². The minimum Gasteiger partial charge on any atom is -0.550 e. The average molecular weight is 596 g/mol. The van der Waals surface area contributed by atoms with Crippen LogP contribution in [-0.4, -0.2) is 52.2 Å². The molecule has 0 aliphatic heterocycles. The fourth-order valence-electron chi connectivity index (χ4n) is 5.83. The molecule has 0 saturated heterocycles. The van der Waals surface area contributed by atoms with Crippen LogP contribution in [0.15, 0.2) is 12.3 Å². The zero-order valence-electron chi connectivity index (χ0n) is 27.1. The monoisotopic (exact) mass is 595 g/mol. The fourth-order valence-corrected chi connectivity index (χ4v) is 5.83. The van der Waals surface area contributed by atoms with Gasteiger partial charge in [-0.05, 0) is 25.3 Å². The van der Waals surface area contributed by atoms with Gasteiger partial charge in [0, 0.05) is 25.2 Å². The molecule has 0 unspecified atom stereocenters. The molecule has 7 nitrogen and oxygen atoms in total. The van der Waals surface area contributed by atoms with E-state index in [1.54, 1.807) is 0 Å². The number of rotatable bonds is 33. The molecule has 0 saturated carbocycles. The molecule has 0 amide bonds. The number of quaternary nitrogens is 1. The van der Waals surface area contributed by atoms with Crippen molar-refractivity contribution in [3.63, 3.8) is 0 Å². The molecule has 0 aromatic carbocycles. The van der Waals surface area contributed by atoms with Crippen LogP contribution in [-0.2, 0) is 14.4 Å². The number of nitrogens with zero attached hydrogens (tertiary/aromatic N) is 1. The third-order valence-corrected chi connectivity index (χ3v) is 8.37. The molecule has 0 heterocycles. The molecule has 2 N–H and O–H groups in total. The number of unbranched alkanes of at least 4 members (excludes halogenated alkanes) is 19. The number of hydrogen-bond donors (Lipinski definition) is 2. The van der Waals surface area contributed by atoms with Gasteiger partial charge < -0.3 is 20.1 Å². The third kappa shape index (κ3) is 28.2. The number of carboxylic acids is 3. The number of aliphatic carboxylic acids is 3. The van der Waals surface area contributed by atoms with Crippen molar-refractivity contribution in [3.05, 3.63) is 12.3 Å². The average Bonchev–Trinajstić information content (AvgIpc) is 2.93. The Kier molecular flexibility index (Phi) is 27.9. The molecule has 0 aliphatic carbocycles. The predicted molar refractivity (Wildman–Crippen MR) is 170 cm³/mol. The molecule has 42 heavy (non-hydrogen) atoms. The van der Waals surface area contributed by atoms with Gasteiger partial charge in [-0.3, -0.25) is 14.1 Å². The lowest BCUT2D eigenvalue weighted by Gasteiger charge is -2.35. The SMILES string of the molecule is CCCCCCCCCCCCCCCCCCCCC/C=C/[N+](CCCC(=O)[O-])(CCCC(=O)O)CCCC(=O)O. The Balaban J connectivity index is 4.09. The maximum atomic E-state index is 11.1. The van der Waals surface area contributed by atoms with Gasteiger partial charge in [-0.25, -0.2) is 0 Å². The van der Waals surface area contributed by atoms with Crippen LogP contribution < -0.4 is 5.11 Å². The third-order valence-electron chi connectivity index (χ3n) is 8.37. The molecule has 0 fully saturated rings. The minimum atomic E-state index is -1.10. The minimum absolute atomic E-state index is 0.0482. The second-order valence-corrected chi connectivity index (χ2v) is 12.4. The molecule has 0 radical (unpaired) electrons. The Hall–Kier alpha value is -1.89. The highest BCUT2D eigenvalue weighted by Crippen LogP contribution is 2.18. The van der Waals surface area contributed by atoms with Gasteiger partial charge in [-0.1, -0.05) is 122 Å². The first-order chi connectivity index (χ1) is 20.3. The van der Waals surface area contributed by atoms with Gasteiger partial charge in [0.1, 0.15) is 0 Å². The van der Waals surface area contributed by atoms with Gasteiger partial charge in [0.05, 0.1) is 38.7 Å². The first kappa shape index (κ1) is 40.1. The summed E-state index contributed by atoms with van der Waals surface area (Å²) < 4.78 is 0.437. The molecule has 0 bridgehead atoms. The van der Waals surface area contributed by atoms with E-state index in [1.807, 2.05) is 0 Å². The fraction of sp³-hybridized carbons (Fsp3) is 0.857. The summed E-state index contributed by atoms with van der Waals surface area (Å²) in [5.41, 5.74) is 0. The predicted octanol–water partition coefficient (Wildman–Crippen LogP) is 8.40. The van der Waals surface area contributed by atoms with Crippen LogP contribution in [0.2, 0.25) is 0 Å². The van der Waals surface area contributed by atoms with Crippen molar-refractivity contribution in [1.29, 1.82) is 0 Å². The van der Waals surface area contributed by atoms with E-state index in [2.05, 4.69) is 19.2 Å². The maximum Gasteiger partial charge on any atom is 0.303 e. The van der Waals surface area contributed by atoms with Crippen LogP contribution in [0.5, 0.6) is 0 Å². The van der Waals surface area contributed by atoms with Crippen molar-refractivity contribution in [2.75, 3.05) is 19.6 Å². The van der Waals surface area contributed by atoms with Gasteiger partial charge in [-0.15, -0.1) is 0 Å². The summed E-state index contributed by atoms with van der Waals surface area (Å²) in [6, 6.07) is 0. The van der Waals surface area contributed by atoms with Crippen LogP contribution in [0.25, 0.3) is 0 Å². The smallest absolute Gasteiger partial charge is 0.303 e. The van der Waals surface area contributed by atoms with E-state index in [9.17, 15) is 19.5 Å². The molecule has 0 rings (SSSR count). The summed E-state index contributed by atoms with van der Waals surface area (Å²) in [5, 5.41) is 29.1. The Morgan fingerprint density at radius 1 is 0.524 bits per heavy atom. The highest BCUT2D eigenvalue weighted by atomic mass is 16.4. The van der Waals surface area contributed by atoms with Crippen molar-refractivity contribution in [1.82, 2.24) is 0 Å². The van der Waals surface area contributed by atoms with Crippen molar-refractivity contribution in [2.24, 2.45) is 0 Å². The molecule has 0 aromatic rings. The van der Waals surface area contributed by atoms with Crippen molar-refractivity contribution >= 4 is 17.9 Å². The van der Waals surface area contributed by atoms with E-state index < -0.39 is 17.9 Å². The summed E-state index contributed by atoms with van der Waals surface area (Å²) >= 11 is 0. The lowest BCUT2D eigenvalue weighted by Crippen LogP contribution is -2.46. The summed E-state index contributed by atoms with van der Waals surface area (Å²) in [4.78, 5) is 33.1. The lowest BCUT2D eigenvalue weighted by molar-refractivity contribution is -0.880. The molecule has 246 valence electrons. The van der Waals surface area contributed by atoms with Crippen molar-refractivity contribution in [3.8, 4) is 0 Å². The van der Waals surface area contributed by atoms with Crippen molar-refractivity contribution < 1.29 is 34.2 Å². The lowest BCUT2D eigenvalue weighted by atomic mass is 10.0. The molecule has 0 aromatic heterocycles. The number of allylic oxidation sites excluding steroid dienone is 1. The van der Waals surface area contributed by atoms with Gasteiger partial charge in [0.15, 0.2) is 0 Å². The van der Waals surface area contributed by atoms with E-state index in [-0.39, 0.29) is 19.3 Å². The second kappa shape index (κ2) is 29.2. The molecule has 0 aliphatic rings. The second-order valence-electron chi connectivity index (χ2n) is 12.4. The summed E-state index contributed by atoms with van der Waals surface area (Å²) in [6.45, 7) is 3.95. The van der Waals surface area contributed by atoms with Crippen LogP contribution in [0.1, 0.15) is 174 Å². The van der Waals surface area contributed by atoms with Gasteiger partial charge >= 0.3 is 11.9 Å². The van der Waals surface area contributed by atoms with E-state index in [4.69, 9.17) is 10.2 Å². The summed E-state index contributed by atoms with van der Waals surface area (Å²) in [7, 11) is 0. The standard InChI is InChI=1S/C35H65NO6/c1-2-3-4-5-6-7-8-9-10-11-12-13-14-15-16-17-18-19-20-21-22-29-36(30-23-26-33(37)38,31-24-27-34(39)40)32-25-28-35(41)42/h22,29H,2-21,23-28,30-32H2,1H3,(H2-,37,38,39,40,41,42)/b29-22+. The van der Waals surface area contributed by atoms with Crippen molar-refractivity contribution in [2.45, 2.75) is 174 Å². The van der Waals surface area contributed by atoms with E-state index >= 15 is 0 Å². The highest BCUT2D eigenvalue weighted by Gasteiger charge is 2.25. The number of carboxylic acid groups (broad SMARTS) is 3. The molecule has 7 heteroatoms. The van der Waals surface area contributed by atoms with Crippen LogP contribution in [0.3, 0.4) is 0 Å². The maximum absolute atomic E-state index is 11.1. The highest BCUT2D eigenvalue weighted by molar-refractivity contribution is 5.66. The first-order valence-corrected chi connectivity index (χ1v) is 17.5. The Bertz CT molecular complexity index is 643. The first-order valence-electron chi connectivity index (χ1n) is 17.5. The molecule has 0 atom stereocenters. The zero-order chi connectivity index (χ0) is 31.2. The molecule has 0 spiro atoms.